The zero-order chi connectivity index (χ0) is 8.97. The number of aliphatic carboxylic acids is 1. The molecule has 0 aliphatic heterocycles. The van der Waals surface area contributed by atoms with Crippen LogP contribution >= 0.6 is 12.4 Å². The van der Waals surface area contributed by atoms with Gasteiger partial charge >= 0.3 is 5.97 Å². The first-order chi connectivity index (χ1) is 5.72. The zero-order valence-corrected chi connectivity index (χ0v) is 7.88. The molecule has 0 aliphatic rings. The van der Waals surface area contributed by atoms with Crippen LogP contribution in [0, 0.1) is 0 Å². The fourth-order valence-electron chi connectivity index (χ4n) is 0.968. The highest BCUT2D eigenvalue weighted by atomic mass is 35.5. The number of halogens is 1. The van der Waals surface area contributed by atoms with Crippen molar-refractivity contribution < 1.29 is 9.90 Å². The molecule has 13 heavy (non-hydrogen) atoms. The van der Waals surface area contributed by atoms with Gasteiger partial charge in [0, 0.05) is 6.54 Å². The van der Waals surface area contributed by atoms with E-state index in [0.717, 1.165) is 11.1 Å². The van der Waals surface area contributed by atoms with Gasteiger partial charge in [-0.05, 0) is 11.1 Å². The van der Waals surface area contributed by atoms with Gasteiger partial charge in [0.1, 0.15) is 0 Å². The molecule has 0 aromatic heterocycles. The molecule has 3 nitrogen and oxygen atoms in total. The van der Waals surface area contributed by atoms with E-state index >= 15 is 0 Å². The molecule has 72 valence electrons. The number of rotatable bonds is 3. The lowest BCUT2D eigenvalue weighted by Crippen LogP contribution is -2.01. The summed E-state index contributed by atoms with van der Waals surface area (Å²) in [5, 5.41) is 8.47. The van der Waals surface area contributed by atoms with Crippen molar-refractivity contribution >= 4 is 18.4 Å². The first kappa shape index (κ1) is 11.9. The number of carboxylic acid groups (broad SMARTS) is 1. The van der Waals surface area contributed by atoms with Crippen molar-refractivity contribution in [1.82, 2.24) is 0 Å². The van der Waals surface area contributed by atoms with Crippen LogP contribution in [-0.2, 0) is 17.8 Å². The topological polar surface area (TPSA) is 63.3 Å². The van der Waals surface area contributed by atoms with Crippen LogP contribution in [0.3, 0.4) is 0 Å². The van der Waals surface area contributed by atoms with Crippen LogP contribution in [0.5, 0.6) is 0 Å². The Kier molecular flexibility index (Phi) is 5.11. The van der Waals surface area contributed by atoms with Gasteiger partial charge in [0.05, 0.1) is 6.42 Å². The van der Waals surface area contributed by atoms with Crippen LogP contribution in [0.1, 0.15) is 11.1 Å². The Morgan fingerprint density at radius 3 is 2.08 bits per heavy atom. The molecule has 0 saturated heterocycles. The van der Waals surface area contributed by atoms with Crippen molar-refractivity contribution in [2.45, 2.75) is 13.0 Å². The minimum atomic E-state index is -0.810. The first-order valence-electron chi connectivity index (χ1n) is 3.72. The Morgan fingerprint density at radius 1 is 1.23 bits per heavy atom. The molecule has 0 bridgehead atoms. The van der Waals surface area contributed by atoms with Crippen LogP contribution in [0.2, 0.25) is 0 Å². The van der Waals surface area contributed by atoms with E-state index in [1.54, 1.807) is 12.1 Å². The maximum absolute atomic E-state index is 10.3. The standard InChI is InChI=1S/C9H11NO2.ClH/c10-6-8-3-1-7(2-4-8)5-9(11)12;/h1-4H,5-6,10H2,(H,11,12);1H. The molecule has 0 fully saturated rings. The molecule has 0 radical (unpaired) electrons. The highest BCUT2D eigenvalue weighted by Gasteiger charge is 1.98. The quantitative estimate of drug-likeness (QED) is 0.773. The van der Waals surface area contributed by atoms with E-state index in [1.165, 1.54) is 0 Å². The molecule has 0 spiro atoms. The second-order valence-corrected chi connectivity index (χ2v) is 2.59. The lowest BCUT2D eigenvalue weighted by Gasteiger charge is -1.98. The van der Waals surface area contributed by atoms with Crippen molar-refractivity contribution in [2.75, 3.05) is 0 Å². The molecule has 0 amide bonds. The van der Waals surface area contributed by atoms with Crippen LogP contribution in [0.4, 0.5) is 0 Å². The number of benzene rings is 1. The minimum Gasteiger partial charge on any atom is -0.481 e. The van der Waals surface area contributed by atoms with Crippen molar-refractivity contribution in [3.63, 3.8) is 0 Å². The van der Waals surface area contributed by atoms with E-state index in [9.17, 15) is 4.79 Å². The number of carboxylic acids is 1. The summed E-state index contributed by atoms with van der Waals surface area (Å²) in [5.74, 6) is -0.810. The van der Waals surface area contributed by atoms with E-state index in [-0.39, 0.29) is 18.8 Å². The number of nitrogens with two attached hydrogens (primary N) is 1. The average Bonchev–Trinajstić information content (AvgIpc) is 2.05. The molecule has 0 atom stereocenters. The van der Waals surface area contributed by atoms with Crippen LogP contribution < -0.4 is 5.73 Å². The summed E-state index contributed by atoms with van der Waals surface area (Å²) in [6.07, 6.45) is 0.0743. The van der Waals surface area contributed by atoms with Gasteiger partial charge in [0.15, 0.2) is 0 Å². The molecule has 0 heterocycles. The zero-order valence-electron chi connectivity index (χ0n) is 7.06. The predicted molar refractivity (Wildman–Crippen MR) is 52.9 cm³/mol. The Balaban J connectivity index is 0.00000144. The molecule has 1 aromatic carbocycles. The van der Waals surface area contributed by atoms with Gasteiger partial charge < -0.3 is 10.8 Å². The summed E-state index contributed by atoms with van der Waals surface area (Å²) in [4.78, 5) is 10.3. The summed E-state index contributed by atoms with van der Waals surface area (Å²) < 4.78 is 0. The third kappa shape index (κ3) is 3.92. The van der Waals surface area contributed by atoms with E-state index in [2.05, 4.69) is 0 Å². The second-order valence-electron chi connectivity index (χ2n) is 2.59. The van der Waals surface area contributed by atoms with E-state index in [0.29, 0.717) is 6.54 Å². The van der Waals surface area contributed by atoms with Gasteiger partial charge in [-0.15, -0.1) is 12.4 Å². The largest absolute Gasteiger partial charge is 0.481 e. The summed E-state index contributed by atoms with van der Waals surface area (Å²) in [5.41, 5.74) is 7.21. The molecule has 0 saturated carbocycles. The molecule has 1 aromatic rings. The van der Waals surface area contributed by atoms with Gasteiger partial charge in [-0.3, -0.25) is 4.79 Å². The predicted octanol–water partition coefficient (Wildman–Crippen LogP) is 1.19. The molecular weight excluding hydrogens is 190 g/mol. The van der Waals surface area contributed by atoms with Crippen LogP contribution in [0.15, 0.2) is 24.3 Å². The van der Waals surface area contributed by atoms with Crippen molar-refractivity contribution in [3.8, 4) is 0 Å². The van der Waals surface area contributed by atoms with Crippen LogP contribution in [0.25, 0.3) is 0 Å². The fourth-order valence-corrected chi connectivity index (χ4v) is 0.968. The van der Waals surface area contributed by atoms with E-state index in [4.69, 9.17) is 10.8 Å². The van der Waals surface area contributed by atoms with E-state index < -0.39 is 5.97 Å². The summed E-state index contributed by atoms with van der Waals surface area (Å²) in [7, 11) is 0. The molecule has 3 N–H and O–H groups in total. The summed E-state index contributed by atoms with van der Waals surface area (Å²) in [6, 6.07) is 7.27. The fraction of sp³-hybridized carbons (Fsp3) is 0.222. The lowest BCUT2D eigenvalue weighted by molar-refractivity contribution is -0.136. The highest BCUT2D eigenvalue weighted by molar-refractivity contribution is 5.85. The molecule has 0 unspecified atom stereocenters. The Labute approximate surface area is 83.0 Å². The lowest BCUT2D eigenvalue weighted by atomic mass is 10.1. The maximum atomic E-state index is 10.3. The summed E-state index contributed by atoms with van der Waals surface area (Å²) >= 11 is 0. The molecule has 0 aliphatic carbocycles. The average molecular weight is 202 g/mol. The van der Waals surface area contributed by atoms with Crippen LogP contribution in [-0.4, -0.2) is 11.1 Å². The van der Waals surface area contributed by atoms with Crippen molar-refractivity contribution in [1.29, 1.82) is 0 Å². The van der Waals surface area contributed by atoms with Gasteiger partial charge in [0.25, 0.3) is 0 Å². The number of hydrogen-bond donors (Lipinski definition) is 2. The SMILES string of the molecule is Cl.NCc1ccc(CC(=O)O)cc1. The minimum absolute atomic E-state index is 0. The number of carbonyl (C=O) groups is 1. The van der Waals surface area contributed by atoms with Crippen molar-refractivity contribution in [3.05, 3.63) is 35.4 Å². The molecule has 1 rings (SSSR count). The normalized spacial score (nSPS) is 9.00. The molecular formula is C9H12ClNO2. The monoisotopic (exact) mass is 201 g/mol. The third-order valence-corrected chi connectivity index (χ3v) is 1.61. The Morgan fingerprint density at radius 2 is 1.69 bits per heavy atom. The van der Waals surface area contributed by atoms with Gasteiger partial charge in [-0.25, -0.2) is 0 Å². The van der Waals surface area contributed by atoms with Gasteiger partial charge in [0.2, 0.25) is 0 Å². The van der Waals surface area contributed by atoms with Crippen molar-refractivity contribution in [2.24, 2.45) is 5.73 Å². The molecule has 4 heteroatoms. The van der Waals surface area contributed by atoms with Gasteiger partial charge in [-0.2, -0.15) is 0 Å². The third-order valence-electron chi connectivity index (χ3n) is 1.61. The Bertz CT molecular complexity index is 271. The van der Waals surface area contributed by atoms with E-state index in [1.807, 2.05) is 12.1 Å². The highest BCUT2D eigenvalue weighted by Crippen LogP contribution is 2.04. The summed E-state index contributed by atoms with van der Waals surface area (Å²) in [6.45, 7) is 0.493. The van der Waals surface area contributed by atoms with Gasteiger partial charge in [-0.1, -0.05) is 24.3 Å². The first-order valence-corrected chi connectivity index (χ1v) is 3.72. The second kappa shape index (κ2) is 5.56. The maximum Gasteiger partial charge on any atom is 0.307 e. The smallest absolute Gasteiger partial charge is 0.307 e. The Hall–Kier alpha value is -1.06. The number of hydrogen-bond acceptors (Lipinski definition) is 2.